The zero-order valence-corrected chi connectivity index (χ0v) is 13.1. The van der Waals surface area contributed by atoms with Crippen molar-refractivity contribution >= 4 is 17.0 Å². The molecule has 0 aliphatic rings. The molecular weight excluding hydrogens is 308 g/mol. The first kappa shape index (κ1) is 15.7. The van der Waals surface area contributed by atoms with Crippen LogP contribution in [0.4, 0.5) is 0 Å². The van der Waals surface area contributed by atoms with E-state index in [1.807, 2.05) is 31.2 Å². The fourth-order valence-electron chi connectivity index (χ4n) is 2.70. The number of carboxylic acids is 1. The molecule has 3 rings (SSSR count). The number of rotatable bonds is 4. The number of benzene rings is 2. The number of para-hydroxylation sites is 2. The van der Waals surface area contributed by atoms with Crippen molar-refractivity contribution in [2.75, 3.05) is 0 Å². The Kier molecular flexibility index (Phi) is 4.04. The largest absolute Gasteiger partial charge is 0.480 e. The van der Waals surface area contributed by atoms with Gasteiger partial charge in [-0.25, -0.2) is 0 Å². The molecule has 1 N–H and O–H groups in total. The summed E-state index contributed by atoms with van der Waals surface area (Å²) >= 11 is 0. The zero-order chi connectivity index (χ0) is 17.3. The van der Waals surface area contributed by atoms with Crippen LogP contribution in [0.5, 0.6) is 0 Å². The lowest BCUT2D eigenvalue weighted by atomic mass is 10.1. The molecule has 0 saturated heterocycles. The molecule has 0 aliphatic carbocycles. The summed E-state index contributed by atoms with van der Waals surface area (Å²) in [5, 5.41) is 9.00. The molecule has 6 heteroatoms. The second kappa shape index (κ2) is 6.16. The third kappa shape index (κ3) is 2.86. The minimum Gasteiger partial charge on any atom is -0.480 e. The molecule has 1 heterocycles. The summed E-state index contributed by atoms with van der Waals surface area (Å²) in [5.41, 5.74) is 1.40. The third-order valence-electron chi connectivity index (χ3n) is 3.89. The van der Waals surface area contributed by atoms with E-state index in [-0.39, 0.29) is 6.54 Å². The molecule has 0 amide bonds. The number of aromatic nitrogens is 2. The Labute approximate surface area is 137 Å². The van der Waals surface area contributed by atoms with Crippen LogP contribution in [0.25, 0.3) is 11.0 Å². The first-order valence-electron chi connectivity index (χ1n) is 7.47. The Morgan fingerprint density at radius 1 is 0.917 bits per heavy atom. The van der Waals surface area contributed by atoms with E-state index in [0.29, 0.717) is 11.0 Å². The topological polar surface area (TPSA) is 81.3 Å². The van der Waals surface area contributed by atoms with Crippen molar-refractivity contribution in [3.05, 3.63) is 80.4 Å². The van der Waals surface area contributed by atoms with Crippen molar-refractivity contribution in [1.82, 2.24) is 9.13 Å². The summed E-state index contributed by atoms with van der Waals surface area (Å²) in [7, 11) is 0. The van der Waals surface area contributed by atoms with Gasteiger partial charge >= 0.3 is 17.1 Å². The normalized spacial score (nSPS) is 10.9. The number of aryl methyl sites for hydroxylation is 1. The zero-order valence-electron chi connectivity index (χ0n) is 13.1. The van der Waals surface area contributed by atoms with Gasteiger partial charge in [-0.05, 0) is 24.6 Å². The van der Waals surface area contributed by atoms with Crippen LogP contribution < -0.4 is 11.1 Å². The van der Waals surface area contributed by atoms with E-state index in [9.17, 15) is 14.4 Å². The van der Waals surface area contributed by atoms with Gasteiger partial charge in [-0.3, -0.25) is 23.5 Å². The number of aliphatic carboxylic acids is 1. The molecule has 0 spiro atoms. The van der Waals surface area contributed by atoms with Gasteiger partial charge in [0, 0.05) is 0 Å². The van der Waals surface area contributed by atoms with Crippen LogP contribution in [-0.2, 0) is 17.9 Å². The van der Waals surface area contributed by atoms with Gasteiger partial charge in [0.15, 0.2) is 0 Å². The molecule has 0 saturated carbocycles. The summed E-state index contributed by atoms with van der Waals surface area (Å²) in [6.45, 7) is 1.68. The van der Waals surface area contributed by atoms with Gasteiger partial charge in [0.1, 0.15) is 6.54 Å². The van der Waals surface area contributed by atoms with E-state index in [1.165, 1.54) is 4.57 Å². The highest BCUT2D eigenvalue weighted by Gasteiger charge is 2.14. The maximum absolute atomic E-state index is 12.5. The Morgan fingerprint density at radius 2 is 1.46 bits per heavy atom. The Morgan fingerprint density at radius 3 is 2.04 bits per heavy atom. The lowest BCUT2D eigenvalue weighted by Crippen LogP contribution is -2.42. The maximum Gasteiger partial charge on any atom is 0.323 e. The summed E-state index contributed by atoms with van der Waals surface area (Å²) in [6, 6.07) is 14.5. The van der Waals surface area contributed by atoms with Gasteiger partial charge in [0.05, 0.1) is 17.6 Å². The SMILES string of the molecule is Cc1ccc(Cn2c(=O)c(=O)n(CC(=O)O)c3ccccc32)cc1. The van der Waals surface area contributed by atoms with E-state index in [2.05, 4.69) is 0 Å². The number of carbonyl (C=O) groups is 1. The van der Waals surface area contributed by atoms with Gasteiger partial charge in [-0.2, -0.15) is 0 Å². The van der Waals surface area contributed by atoms with Crippen LogP contribution >= 0.6 is 0 Å². The molecule has 1 aromatic heterocycles. The maximum atomic E-state index is 12.5. The minimum absolute atomic E-state index is 0.253. The number of carboxylic acid groups (broad SMARTS) is 1. The van der Waals surface area contributed by atoms with Crippen molar-refractivity contribution < 1.29 is 9.90 Å². The van der Waals surface area contributed by atoms with Gasteiger partial charge in [-0.15, -0.1) is 0 Å². The van der Waals surface area contributed by atoms with E-state index in [0.717, 1.165) is 15.7 Å². The lowest BCUT2D eigenvalue weighted by molar-refractivity contribution is -0.137. The number of hydrogen-bond acceptors (Lipinski definition) is 3. The predicted octanol–water partition coefficient (Wildman–Crippen LogP) is 1.60. The molecule has 0 atom stereocenters. The summed E-state index contributed by atoms with van der Waals surface area (Å²) in [5.74, 6) is -1.17. The van der Waals surface area contributed by atoms with E-state index in [1.54, 1.807) is 24.3 Å². The fraction of sp³-hybridized carbons (Fsp3) is 0.167. The summed E-state index contributed by atoms with van der Waals surface area (Å²) < 4.78 is 2.40. The van der Waals surface area contributed by atoms with Gasteiger partial charge in [0.2, 0.25) is 0 Å². The first-order valence-corrected chi connectivity index (χ1v) is 7.47. The van der Waals surface area contributed by atoms with E-state index in [4.69, 9.17) is 5.11 Å². The second-order valence-electron chi connectivity index (χ2n) is 5.65. The highest BCUT2D eigenvalue weighted by atomic mass is 16.4. The Hall–Kier alpha value is -3.15. The standard InChI is InChI=1S/C18H16N2O4/c1-12-6-8-13(9-7-12)10-19-14-4-2-3-5-15(14)20(11-16(21)22)18(24)17(19)23/h2-9H,10-11H2,1H3,(H,21,22). The van der Waals surface area contributed by atoms with Crippen molar-refractivity contribution in [3.63, 3.8) is 0 Å². The van der Waals surface area contributed by atoms with Crippen LogP contribution in [0.1, 0.15) is 11.1 Å². The molecule has 0 fully saturated rings. The first-order chi connectivity index (χ1) is 11.5. The molecule has 3 aromatic rings. The molecule has 0 aliphatic heterocycles. The van der Waals surface area contributed by atoms with Crippen molar-refractivity contribution in [2.24, 2.45) is 0 Å². The van der Waals surface area contributed by atoms with Crippen molar-refractivity contribution in [3.8, 4) is 0 Å². The number of hydrogen-bond donors (Lipinski definition) is 1. The monoisotopic (exact) mass is 324 g/mol. The molecule has 6 nitrogen and oxygen atoms in total. The van der Waals surface area contributed by atoms with Crippen LogP contribution in [0.3, 0.4) is 0 Å². The van der Waals surface area contributed by atoms with Crippen molar-refractivity contribution in [2.45, 2.75) is 20.0 Å². The number of fused-ring (bicyclic) bond motifs is 1. The van der Waals surface area contributed by atoms with E-state index >= 15 is 0 Å². The average Bonchev–Trinajstić information content (AvgIpc) is 2.57. The van der Waals surface area contributed by atoms with Crippen LogP contribution in [-0.4, -0.2) is 20.2 Å². The average molecular weight is 324 g/mol. The summed E-state index contributed by atoms with van der Waals surface area (Å²) in [4.78, 5) is 35.9. The van der Waals surface area contributed by atoms with Gasteiger partial charge in [0.25, 0.3) is 0 Å². The molecular formula is C18H16N2O4. The molecule has 0 radical (unpaired) electrons. The van der Waals surface area contributed by atoms with Crippen LogP contribution in [0, 0.1) is 6.92 Å². The van der Waals surface area contributed by atoms with Crippen LogP contribution in [0.2, 0.25) is 0 Å². The molecule has 0 unspecified atom stereocenters. The van der Waals surface area contributed by atoms with Crippen molar-refractivity contribution in [1.29, 1.82) is 0 Å². The fourth-order valence-corrected chi connectivity index (χ4v) is 2.70. The second-order valence-corrected chi connectivity index (χ2v) is 5.65. The van der Waals surface area contributed by atoms with Gasteiger partial charge < -0.3 is 5.11 Å². The Balaban J connectivity index is 2.23. The predicted molar refractivity (Wildman–Crippen MR) is 90.4 cm³/mol. The summed E-state index contributed by atoms with van der Waals surface area (Å²) in [6.07, 6.45) is 0. The molecule has 24 heavy (non-hydrogen) atoms. The smallest absolute Gasteiger partial charge is 0.323 e. The molecule has 122 valence electrons. The molecule has 2 aromatic carbocycles. The number of nitrogens with zero attached hydrogens (tertiary/aromatic N) is 2. The van der Waals surface area contributed by atoms with E-state index < -0.39 is 23.6 Å². The minimum atomic E-state index is -1.17. The molecule has 0 bridgehead atoms. The highest BCUT2D eigenvalue weighted by Crippen LogP contribution is 2.13. The lowest BCUT2D eigenvalue weighted by Gasteiger charge is -2.14. The quantitative estimate of drug-likeness (QED) is 0.739. The third-order valence-corrected chi connectivity index (χ3v) is 3.89. The Bertz CT molecular complexity index is 1030. The van der Waals surface area contributed by atoms with Gasteiger partial charge in [-0.1, -0.05) is 42.0 Å². The highest BCUT2D eigenvalue weighted by molar-refractivity contribution is 5.77. The van der Waals surface area contributed by atoms with Crippen LogP contribution in [0.15, 0.2) is 58.1 Å².